The molecule has 21 heavy (non-hydrogen) atoms. The Bertz CT molecular complexity index is 534. The van der Waals surface area contributed by atoms with E-state index in [0.29, 0.717) is 12.5 Å². The van der Waals surface area contributed by atoms with E-state index in [1.165, 1.54) is 31.5 Å². The highest BCUT2D eigenvalue weighted by Gasteiger charge is 2.40. The Morgan fingerprint density at radius 1 is 1.43 bits per heavy atom. The summed E-state index contributed by atoms with van der Waals surface area (Å²) >= 11 is 0. The summed E-state index contributed by atoms with van der Waals surface area (Å²) in [6.07, 6.45) is 7.10. The first-order valence-electron chi connectivity index (χ1n) is 7.88. The van der Waals surface area contributed by atoms with Gasteiger partial charge >= 0.3 is 0 Å². The molecule has 2 aliphatic carbocycles. The van der Waals surface area contributed by atoms with Crippen LogP contribution in [0.1, 0.15) is 49.4 Å². The number of halogens is 1. The van der Waals surface area contributed by atoms with Gasteiger partial charge in [0.15, 0.2) is 11.6 Å². The number of carbonyl (C=O) groups is 1. The minimum Gasteiger partial charge on any atom is -0.368 e. The van der Waals surface area contributed by atoms with Gasteiger partial charge in [0, 0.05) is 18.8 Å². The summed E-state index contributed by atoms with van der Waals surface area (Å²) in [6, 6.07) is 1.67. The Kier molecular flexibility index (Phi) is 4.08. The molecular weight excluding hydrogens is 269 g/mol. The molecule has 0 saturated heterocycles. The molecule has 1 aromatic rings. The minimum atomic E-state index is -0.549. The molecule has 0 aromatic carbocycles. The van der Waals surface area contributed by atoms with Gasteiger partial charge in [0.1, 0.15) is 0 Å². The highest BCUT2D eigenvalue weighted by molar-refractivity contribution is 5.95. The topological polar surface area (TPSA) is 54.0 Å². The second-order valence-corrected chi connectivity index (χ2v) is 6.20. The van der Waals surface area contributed by atoms with Gasteiger partial charge in [-0.1, -0.05) is 13.3 Å². The number of nitrogens with one attached hydrogen (secondary N) is 2. The predicted molar refractivity (Wildman–Crippen MR) is 79.7 cm³/mol. The van der Waals surface area contributed by atoms with E-state index in [1.807, 2.05) is 6.92 Å². The summed E-state index contributed by atoms with van der Waals surface area (Å²) in [6.45, 7) is 2.64. The molecular formula is C16H22FN3O. The molecule has 5 heteroatoms. The standard InChI is InChI=1S/C16H22FN3O/c1-2-6-18-15-14(17)12(5-7-19-15)16(21)20-13-9-10-3-4-11(13)8-10/h5,7,10-11,13H,2-4,6,8-9H2,1H3,(H,18,19)(H,20,21). The van der Waals surface area contributed by atoms with Crippen LogP contribution in [0.4, 0.5) is 10.2 Å². The van der Waals surface area contributed by atoms with Crippen molar-refractivity contribution < 1.29 is 9.18 Å². The van der Waals surface area contributed by atoms with E-state index < -0.39 is 5.82 Å². The van der Waals surface area contributed by atoms with Gasteiger partial charge in [-0.05, 0) is 43.6 Å². The van der Waals surface area contributed by atoms with Gasteiger partial charge < -0.3 is 10.6 Å². The lowest BCUT2D eigenvalue weighted by molar-refractivity contribution is 0.0918. The van der Waals surface area contributed by atoms with Gasteiger partial charge in [-0.2, -0.15) is 0 Å². The van der Waals surface area contributed by atoms with Gasteiger partial charge in [-0.15, -0.1) is 0 Å². The van der Waals surface area contributed by atoms with Crippen molar-refractivity contribution in [3.63, 3.8) is 0 Å². The van der Waals surface area contributed by atoms with Crippen molar-refractivity contribution in [1.82, 2.24) is 10.3 Å². The van der Waals surface area contributed by atoms with Crippen molar-refractivity contribution >= 4 is 11.7 Å². The molecule has 0 aliphatic heterocycles. The third-order valence-electron chi connectivity index (χ3n) is 4.73. The van der Waals surface area contributed by atoms with Gasteiger partial charge in [-0.25, -0.2) is 9.37 Å². The van der Waals surface area contributed by atoms with Crippen LogP contribution in [0, 0.1) is 17.7 Å². The number of nitrogens with zero attached hydrogens (tertiary/aromatic N) is 1. The van der Waals surface area contributed by atoms with Crippen LogP contribution in [0.3, 0.4) is 0 Å². The van der Waals surface area contributed by atoms with Gasteiger partial charge in [0.25, 0.3) is 5.91 Å². The molecule has 0 radical (unpaired) electrons. The number of fused-ring (bicyclic) bond motifs is 2. The number of hydrogen-bond acceptors (Lipinski definition) is 3. The van der Waals surface area contributed by atoms with E-state index in [-0.39, 0.29) is 23.3 Å². The van der Waals surface area contributed by atoms with Crippen molar-refractivity contribution in [3.8, 4) is 0 Å². The summed E-state index contributed by atoms with van der Waals surface area (Å²) < 4.78 is 14.3. The number of hydrogen-bond donors (Lipinski definition) is 2. The van der Waals surface area contributed by atoms with Crippen LogP contribution >= 0.6 is 0 Å². The largest absolute Gasteiger partial charge is 0.368 e. The summed E-state index contributed by atoms with van der Waals surface area (Å²) in [5, 5.41) is 5.93. The minimum absolute atomic E-state index is 0.0892. The molecule has 1 heterocycles. The number of aromatic nitrogens is 1. The monoisotopic (exact) mass is 291 g/mol. The van der Waals surface area contributed by atoms with Crippen LogP contribution < -0.4 is 10.6 Å². The Morgan fingerprint density at radius 2 is 2.29 bits per heavy atom. The molecule has 2 saturated carbocycles. The number of rotatable bonds is 5. The Labute approximate surface area is 124 Å². The van der Waals surface area contributed by atoms with Crippen molar-refractivity contribution in [2.24, 2.45) is 11.8 Å². The Balaban J connectivity index is 1.69. The average molecular weight is 291 g/mol. The molecule has 1 amide bonds. The number of carbonyl (C=O) groups excluding carboxylic acids is 1. The Morgan fingerprint density at radius 3 is 2.95 bits per heavy atom. The lowest BCUT2D eigenvalue weighted by Gasteiger charge is -2.23. The van der Waals surface area contributed by atoms with E-state index in [4.69, 9.17) is 0 Å². The number of pyridine rings is 1. The highest BCUT2D eigenvalue weighted by Crippen LogP contribution is 2.44. The van der Waals surface area contributed by atoms with Crippen molar-refractivity contribution in [3.05, 3.63) is 23.6 Å². The van der Waals surface area contributed by atoms with Crippen molar-refractivity contribution in [2.75, 3.05) is 11.9 Å². The highest BCUT2D eigenvalue weighted by atomic mass is 19.1. The van der Waals surface area contributed by atoms with Gasteiger partial charge in [0.05, 0.1) is 5.56 Å². The maximum absolute atomic E-state index is 14.3. The lowest BCUT2D eigenvalue weighted by Crippen LogP contribution is -2.38. The normalized spacial score (nSPS) is 26.9. The molecule has 1 aromatic heterocycles. The van der Waals surface area contributed by atoms with E-state index >= 15 is 0 Å². The average Bonchev–Trinajstić information content (AvgIpc) is 3.08. The molecule has 3 rings (SSSR count). The molecule has 2 fully saturated rings. The van der Waals surface area contributed by atoms with Crippen molar-refractivity contribution in [1.29, 1.82) is 0 Å². The first-order chi connectivity index (χ1) is 10.2. The van der Waals surface area contributed by atoms with E-state index in [9.17, 15) is 9.18 Å². The summed E-state index contributed by atoms with van der Waals surface area (Å²) in [4.78, 5) is 16.3. The number of amides is 1. The van der Waals surface area contributed by atoms with Crippen LogP contribution in [0.15, 0.2) is 12.3 Å². The van der Waals surface area contributed by atoms with E-state index in [2.05, 4.69) is 15.6 Å². The zero-order valence-corrected chi connectivity index (χ0v) is 12.4. The van der Waals surface area contributed by atoms with Gasteiger partial charge in [0.2, 0.25) is 0 Å². The van der Waals surface area contributed by atoms with E-state index in [0.717, 1.165) is 18.8 Å². The van der Waals surface area contributed by atoms with Crippen LogP contribution in [0.2, 0.25) is 0 Å². The lowest BCUT2D eigenvalue weighted by atomic mass is 9.95. The molecule has 4 nitrogen and oxygen atoms in total. The first-order valence-corrected chi connectivity index (χ1v) is 7.88. The second kappa shape index (κ2) is 6.00. The molecule has 2 bridgehead atoms. The maximum Gasteiger partial charge on any atom is 0.254 e. The summed E-state index contributed by atoms with van der Waals surface area (Å²) in [5.41, 5.74) is 0.0892. The molecule has 0 spiro atoms. The SMILES string of the molecule is CCCNc1nccc(C(=O)NC2CC3CCC2C3)c1F. The zero-order valence-electron chi connectivity index (χ0n) is 12.4. The van der Waals surface area contributed by atoms with Crippen LogP contribution in [-0.2, 0) is 0 Å². The molecule has 2 aliphatic rings. The fraction of sp³-hybridized carbons (Fsp3) is 0.625. The van der Waals surface area contributed by atoms with Crippen molar-refractivity contribution in [2.45, 2.75) is 45.1 Å². The van der Waals surface area contributed by atoms with Crippen LogP contribution in [0.25, 0.3) is 0 Å². The zero-order chi connectivity index (χ0) is 14.8. The third kappa shape index (κ3) is 2.87. The maximum atomic E-state index is 14.3. The molecule has 3 unspecified atom stereocenters. The summed E-state index contributed by atoms with van der Waals surface area (Å²) in [5.74, 6) is 0.641. The predicted octanol–water partition coefficient (Wildman–Crippen LogP) is 2.96. The van der Waals surface area contributed by atoms with E-state index in [1.54, 1.807) is 0 Å². The first kappa shape index (κ1) is 14.3. The molecule has 3 atom stereocenters. The smallest absolute Gasteiger partial charge is 0.254 e. The van der Waals surface area contributed by atoms with Crippen LogP contribution in [-0.4, -0.2) is 23.5 Å². The Hall–Kier alpha value is -1.65. The third-order valence-corrected chi connectivity index (χ3v) is 4.73. The fourth-order valence-corrected chi connectivity index (χ4v) is 3.65. The molecule has 2 N–H and O–H groups in total. The van der Waals surface area contributed by atoms with Crippen LogP contribution in [0.5, 0.6) is 0 Å². The number of anilines is 1. The van der Waals surface area contributed by atoms with Gasteiger partial charge in [-0.3, -0.25) is 4.79 Å². The fourth-order valence-electron chi connectivity index (χ4n) is 3.65. The second-order valence-electron chi connectivity index (χ2n) is 6.20. The summed E-state index contributed by atoms with van der Waals surface area (Å²) in [7, 11) is 0. The quantitative estimate of drug-likeness (QED) is 0.877. The molecule has 114 valence electrons.